The van der Waals surface area contributed by atoms with Crippen LogP contribution in [0.5, 0.6) is 0 Å². The van der Waals surface area contributed by atoms with Gasteiger partial charge in [0.05, 0.1) is 11.7 Å². The number of hydrogen-bond donors (Lipinski definition) is 0. The van der Waals surface area contributed by atoms with E-state index in [1.807, 2.05) is 30.3 Å². The Hall–Kier alpha value is -1.40. The van der Waals surface area contributed by atoms with E-state index in [1.54, 1.807) is 0 Å². The maximum Gasteiger partial charge on any atom is 0.309 e. The minimum atomic E-state index is -3.34. The van der Waals surface area contributed by atoms with Crippen molar-refractivity contribution in [1.29, 1.82) is 0 Å². The van der Waals surface area contributed by atoms with E-state index >= 15 is 0 Å². The Labute approximate surface area is 163 Å². The van der Waals surface area contributed by atoms with Crippen molar-refractivity contribution in [3.8, 4) is 0 Å². The van der Waals surface area contributed by atoms with Crippen LogP contribution in [0.2, 0.25) is 0 Å². The van der Waals surface area contributed by atoms with Crippen molar-refractivity contribution in [3.05, 3.63) is 35.9 Å². The van der Waals surface area contributed by atoms with Gasteiger partial charge in [0.1, 0.15) is 6.10 Å². The van der Waals surface area contributed by atoms with E-state index in [0.717, 1.165) is 31.2 Å². The second kappa shape index (κ2) is 9.69. The molecule has 1 aromatic carbocycles. The first-order valence-corrected chi connectivity index (χ1v) is 11.9. The Kier molecular flexibility index (Phi) is 7.30. The molecule has 6 heteroatoms. The Bertz CT molecular complexity index is 688. The quantitative estimate of drug-likeness (QED) is 0.712. The van der Waals surface area contributed by atoms with Gasteiger partial charge < -0.3 is 4.74 Å². The lowest BCUT2D eigenvalue weighted by Crippen LogP contribution is -2.41. The molecule has 0 bridgehead atoms. The molecule has 5 nitrogen and oxygen atoms in total. The third-order valence-electron chi connectivity index (χ3n) is 5.71. The molecule has 0 unspecified atom stereocenters. The van der Waals surface area contributed by atoms with Crippen LogP contribution in [0.4, 0.5) is 0 Å². The normalized spacial score (nSPS) is 21.3. The van der Waals surface area contributed by atoms with Crippen LogP contribution in [0.25, 0.3) is 0 Å². The van der Waals surface area contributed by atoms with Gasteiger partial charge in [-0.15, -0.1) is 0 Å². The third kappa shape index (κ3) is 6.04. The number of hydrogen-bond acceptors (Lipinski definition) is 4. The second-order valence-corrected chi connectivity index (χ2v) is 9.79. The highest BCUT2D eigenvalue weighted by atomic mass is 32.2. The monoisotopic (exact) mass is 393 g/mol. The fraction of sp³-hybridized carbons (Fsp3) is 0.667. The number of carbonyl (C=O) groups excluding carboxylic acids is 1. The summed E-state index contributed by atoms with van der Waals surface area (Å²) in [5.41, 5.74) is 0.795. The zero-order valence-electron chi connectivity index (χ0n) is 16.0. The minimum absolute atomic E-state index is 0.0189. The van der Waals surface area contributed by atoms with Crippen molar-refractivity contribution >= 4 is 16.0 Å². The predicted molar refractivity (Wildman–Crippen MR) is 106 cm³/mol. The predicted octanol–water partition coefficient (Wildman–Crippen LogP) is 3.88. The van der Waals surface area contributed by atoms with Crippen LogP contribution in [0.1, 0.15) is 63.4 Å². The summed E-state index contributed by atoms with van der Waals surface area (Å²) in [7, 11) is -3.34. The van der Waals surface area contributed by atoms with E-state index < -0.39 is 10.0 Å². The fourth-order valence-electron chi connectivity index (χ4n) is 4.04. The van der Waals surface area contributed by atoms with Crippen molar-refractivity contribution in [1.82, 2.24) is 4.31 Å². The topological polar surface area (TPSA) is 63.7 Å². The maximum atomic E-state index is 12.6. The summed E-state index contributed by atoms with van der Waals surface area (Å²) >= 11 is 0. The van der Waals surface area contributed by atoms with Crippen LogP contribution < -0.4 is 0 Å². The molecule has 0 N–H and O–H groups in total. The summed E-state index contributed by atoms with van der Waals surface area (Å²) in [6.07, 6.45) is 9.11. The second-order valence-electron chi connectivity index (χ2n) is 7.82. The van der Waals surface area contributed by atoms with Crippen LogP contribution in [0.15, 0.2) is 30.3 Å². The van der Waals surface area contributed by atoms with Crippen LogP contribution >= 0.6 is 0 Å². The molecule has 0 spiro atoms. The number of benzene rings is 1. The fourth-order valence-corrected chi connectivity index (χ4v) is 5.61. The lowest BCUT2D eigenvalue weighted by Gasteiger charge is -2.31. The SMILES string of the molecule is O=C(OC1CCCCCCC1)C1CCN(S(=O)(=O)Cc2ccccc2)CC1. The molecule has 3 rings (SSSR count). The highest BCUT2D eigenvalue weighted by Crippen LogP contribution is 2.25. The van der Waals surface area contributed by atoms with E-state index in [1.165, 1.54) is 23.6 Å². The minimum Gasteiger partial charge on any atom is -0.462 e. The van der Waals surface area contributed by atoms with Gasteiger partial charge in [0.2, 0.25) is 10.0 Å². The van der Waals surface area contributed by atoms with Crippen molar-refractivity contribution in [3.63, 3.8) is 0 Å². The lowest BCUT2D eigenvalue weighted by molar-refractivity contribution is -0.156. The van der Waals surface area contributed by atoms with Gasteiger partial charge in [-0.2, -0.15) is 0 Å². The average Bonchev–Trinajstić information content (AvgIpc) is 2.64. The Morgan fingerprint density at radius 3 is 2.15 bits per heavy atom. The molecule has 0 atom stereocenters. The van der Waals surface area contributed by atoms with E-state index in [0.29, 0.717) is 25.9 Å². The van der Waals surface area contributed by atoms with Gasteiger partial charge in [0.25, 0.3) is 0 Å². The number of rotatable bonds is 5. The van der Waals surface area contributed by atoms with Crippen molar-refractivity contribution < 1.29 is 17.9 Å². The van der Waals surface area contributed by atoms with Gasteiger partial charge in [-0.3, -0.25) is 4.79 Å². The summed E-state index contributed by atoms with van der Waals surface area (Å²) in [5, 5.41) is 0. The summed E-state index contributed by atoms with van der Waals surface area (Å²) in [6, 6.07) is 9.24. The number of carbonyl (C=O) groups is 1. The molecule has 2 fully saturated rings. The van der Waals surface area contributed by atoms with Crippen molar-refractivity contribution in [2.75, 3.05) is 13.1 Å². The van der Waals surface area contributed by atoms with Crippen LogP contribution in [0, 0.1) is 5.92 Å². The van der Waals surface area contributed by atoms with Crippen molar-refractivity contribution in [2.24, 2.45) is 5.92 Å². The summed E-state index contributed by atoms with van der Waals surface area (Å²) in [5.74, 6) is -0.273. The van der Waals surface area contributed by atoms with Gasteiger partial charge in [-0.1, -0.05) is 49.6 Å². The Balaban J connectivity index is 1.48. The molecule has 2 aliphatic rings. The number of sulfonamides is 1. The molecule has 1 saturated carbocycles. The zero-order valence-corrected chi connectivity index (χ0v) is 16.8. The van der Waals surface area contributed by atoms with E-state index in [9.17, 15) is 13.2 Å². The first-order valence-electron chi connectivity index (χ1n) is 10.3. The van der Waals surface area contributed by atoms with Gasteiger partial charge in [-0.05, 0) is 44.1 Å². The molecule has 0 amide bonds. The Morgan fingerprint density at radius 2 is 1.52 bits per heavy atom. The lowest BCUT2D eigenvalue weighted by atomic mass is 9.96. The number of nitrogens with zero attached hydrogens (tertiary/aromatic N) is 1. The molecule has 1 aromatic rings. The number of piperidine rings is 1. The smallest absolute Gasteiger partial charge is 0.309 e. The summed E-state index contributed by atoms with van der Waals surface area (Å²) in [4.78, 5) is 12.5. The van der Waals surface area contributed by atoms with Crippen molar-refractivity contribution in [2.45, 2.75) is 69.6 Å². The van der Waals surface area contributed by atoms with Gasteiger partial charge in [-0.25, -0.2) is 12.7 Å². The average molecular weight is 394 g/mol. The van der Waals surface area contributed by atoms with Crippen LogP contribution in [0.3, 0.4) is 0 Å². The molecular formula is C21H31NO4S. The van der Waals surface area contributed by atoms with Crippen LogP contribution in [-0.2, 0) is 25.3 Å². The molecule has 1 heterocycles. The standard InChI is InChI=1S/C21H31NO4S/c23-21(26-20-11-7-2-1-3-8-12-20)19-13-15-22(16-14-19)27(24,25)17-18-9-5-4-6-10-18/h4-6,9-10,19-20H,1-3,7-8,11-17H2. The van der Waals surface area contributed by atoms with E-state index in [2.05, 4.69) is 0 Å². The zero-order chi connectivity index (χ0) is 19.1. The molecule has 27 heavy (non-hydrogen) atoms. The number of ether oxygens (including phenoxy) is 1. The first-order chi connectivity index (χ1) is 13.0. The van der Waals surface area contributed by atoms with Gasteiger partial charge >= 0.3 is 5.97 Å². The molecular weight excluding hydrogens is 362 g/mol. The molecule has 150 valence electrons. The summed E-state index contributed by atoms with van der Waals surface area (Å²) in [6.45, 7) is 0.805. The Morgan fingerprint density at radius 1 is 0.926 bits per heavy atom. The molecule has 0 aromatic heterocycles. The largest absolute Gasteiger partial charge is 0.462 e. The van der Waals surface area contributed by atoms with Gasteiger partial charge in [0.15, 0.2) is 0 Å². The highest BCUT2D eigenvalue weighted by Gasteiger charge is 2.32. The highest BCUT2D eigenvalue weighted by molar-refractivity contribution is 7.88. The molecule has 1 aliphatic heterocycles. The molecule has 0 radical (unpaired) electrons. The summed E-state index contributed by atoms with van der Waals surface area (Å²) < 4.78 is 32.6. The maximum absolute atomic E-state index is 12.6. The number of esters is 1. The van der Waals surface area contributed by atoms with E-state index in [-0.39, 0.29) is 23.7 Å². The van der Waals surface area contributed by atoms with Crippen LogP contribution in [-0.4, -0.2) is 37.9 Å². The third-order valence-corrected chi connectivity index (χ3v) is 7.56. The molecule has 1 aliphatic carbocycles. The molecule has 1 saturated heterocycles. The first kappa shape index (κ1) is 20.3. The van der Waals surface area contributed by atoms with Gasteiger partial charge in [0, 0.05) is 13.1 Å². The van der Waals surface area contributed by atoms with E-state index in [4.69, 9.17) is 4.74 Å².